The lowest BCUT2D eigenvalue weighted by molar-refractivity contribution is -0.152. The van der Waals surface area contributed by atoms with Crippen molar-refractivity contribution in [2.45, 2.75) is 39.5 Å². The van der Waals surface area contributed by atoms with E-state index in [1.54, 1.807) is 0 Å². The van der Waals surface area contributed by atoms with Crippen molar-refractivity contribution in [3.05, 3.63) is 12.2 Å². The van der Waals surface area contributed by atoms with Gasteiger partial charge in [-0.2, -0.15) is 0 Å². The van der Waals surface area contributed by atoms with Crippen LogP contribution in [0.3, 0.4) is 0 Å². The summed E-state index contributed by atoms with van der Waals surface area (Å²) in [5.41, 5.74) is -0.300. The highest BCUT2D eigenvalue weighted by atomic mass is 16.5. The number of hydrogen-bond acceptors (Lipinski definition) is 2. The lowest BCUT2D eigenvalue weighted by Crippen LogP contribution is -2.29. The Morgan fingerprint density at radius 1 is 1.57 bits per heavy atom. The van der Waals surface area contributed by atoms with Crippen molar-refractivity contribution in [1.29, 1.82) is 0 Å². The van der Waals surface area contributed by atoms with Crippen molar-refractivity contribution in [3.63, 3.8) is 0 Å². The van der Waals surface area contributed by atoms with Gasteiger partial charge in [0.1, 0.15) is 0 Å². The molecule has 0 aromatic heterocycles. The van der Waals surface area contributed by atoms with Crippen LogP contribution in [0.1, 0.15) is 39.5 Å². The van der Waals surface area contributed by atoms with Crippen molar-refractivity contribution >= 4 is 5.97 Å². The van der Waals surface area contributed by atoms with Gasteiger partial charge >= 0.3 is 5.97 Å². The van der Waals surface area contributed by atoms with Gasteiger partial charge in [-0.3, -0.25) is 4.79 Å². The van der Waals surface area contributed by atoms with Crippen molar-refractivity contribution in [3.8, 4) is 0 Å². The first-order valence-electron chi connectivity index (χ1n) is 5.33. The maximum atomic E-state index is 11.6. The second-order valence-corrected chi connectivity index (χ2v) is 4.55. The summed E-state index contributed by atoms with van der Waals surface area (Å²) < 4.78 is 4.84. The third kappa shape index (κ3) is 2.60. The zero-order valence-corrected chi connectivity index (χ0v) is 9.38. The van der Waals surface area contributed by atoms with Gasteiger partial charge in [0, 0.05) is 0 Å². The van der Waals surface area contributed by atoms with Gasteiger partial charge < -0.3 is 4.74 Å². The van der Waals surface area contributed by atoms with Crippen molar-refractivity contribution in [2.24, 2.45) is 11.3 Å². The van der Waals surface area contributed by atoms with Crippen LogP contribution < -0.4 is 0 Å². The second-order valence-electron chi connectivity index (χ2n) is 4.55. The van der Waals surface area contributed by atoms with Crippen LogP contribution in [0.2, 0.25) is 0 Å². The fourth-order valence-electron chi connectivity index (χ4n) is 2.00. The number of carbonyl (C=O) groups is 1. The minimum absolute atomic E-state index is 0.0725. The highest BCUT2D eigenvalue weighted by Crippen LogP contribution is 2.33. The molecule has 2 nitrogen and oxygen atoms in total. The van der Waals surface area contributed by atoms with Gasteiger partial charge in [0.15, 0.2) is 0 Å². The molecule has 0 N–H and O–H groups in total. The second kappa shape index (κ2) is 4.63. The quantitative estimate of drug-likeness (QED) is 0.476. The molecule has 0 aliphatic heterocycles. The molecule has 0 spiro atoms. The Kier molecular flexibility index (Phi) is 3.73. The van der Waals surface area contributed by atoms with Crippen LogP contribution in [0, 0.1) is 11.3 Å². The normalized spacial score (nSPS) is 33.2. The summed E-state index contributed by atoms with van der Waals surface area (Å²) in [6.45, 7) is 4.22. The van der Waals surface area contributed by atoms with Gasteiger partial charge in [-0.15, -0.1) is 0 Å². The van der Waals surface area contributed by atoms with E-state index in [2.05, 4.69) is 19.1 Å². The molecule has 2 atom stereocenters. The monoisotopic (exact) mass is 196 g/mol. The van der Waals surface area contributed by atoms with Crippen LogP contribution in [-0.2, 0) is 9.53 Å². The fraction of sp³-hybridized carbons (Fsp3) is 0.750. The van der Waals surface area contributed by atoms with Crippen molar-refractivity contribution < 1.29 is 9.53 Å². The zero-order chi connectivity index (χ0) is 10.6. The molecular weight excluding hydrogens is 176 g/mol. The maximum absolute atomic E-state index is 11.6. The van der Waals surface area contributed by atoms with Crippen LogP contribution in [0.4, 0.5) is 0 Å². The molecular formula is C12H20O2. The van der Waals surface area contributed by atoms with E-state index in [-0.39, 0.29) is 11.4 Å². The Balaban J connectivity index is 2.70. The van der Waals surface area contributed by atoms with Crippen LogP contribution >= 0.6 is 0 Å². The molecule has 0 aromatic carbocycles. The van der Waals surface area contributed by atoms with Crippen LogP contribution in [-0.4, -0.2) is 13.1 Å². The molecule has 0 fully saturated rings. The van der Waals surface area contributed by atoms with E-state index in [0.717, 1.165) is 19.3 Å². The fourth-order valence-corrected chi connectivity index (χ4v) is 2.00. The maximum Gasteiger partial charge on any atom is 0.311 e. The number of ether oxygens (including phenoxy) is 1. The molecule has 0 bridgehead atoms. The summed E-state index contributed by atoms with van der Waals surface area (Å²) in [6.07, 6.45) is 8.36. The first kappa shape index (κ1) is 11.3. The molecule has 1 aliphatic rings. The SMILES string of the molecule is COC(=O)C1(C)CC=CC(C)CCC1. The number of esters is 1. The van der Waals surface area contributed by atoms with E-state index >= 15 is 0 Å². The van der Waals surface area contributed by atoms with Gasteiger partial charge in [0.05, 0.1) is 12.5 Å². The van der Waals surface area contributed by atoms with E-state index in [0.29, 0.717) is 5.92 Å². The molecule has 1 rings (SSSR count). The minimum atomic E-state index is -0.300. The van der Waals surface area contributed by atoms with Crippen LogP contribution in [0.15, 0.2) is 12.2 Å². The van der Waals surface area contributed by atoms with Crippen LogP contribution in [0.5, 0.6) is 0 Å². The first-order chi connectivity index (χ1) is 6.58. The molecule has 0 amide bonds. The zero-order valence-electron chi connectivity index (χ0n) is 9.38. The van der Waals surface area contributed by atoms with Gasteiger partial charge in [0.25, 0.3) is 0 Å². The Morgan fingerprint density at radius 3 is 2.93 bits per heavy atom. The third-order valence-corrected chi connectivity index (χ3v) is 3.10. The van der Waals surface area contributed by atoms with Crippen molar-refractivity contribution in [2.75, 3.05) is 7.11 Å². The molecule has 80 valence electrons. The van der Waals surface area contributed by atoms with Gasteiger partial charge in [0.2, 0.25) is 0 Å². The van der Waals surface area contributed by atoms with E-state index in [4.69, 9.17) is 4.74 Å². The van der Waals surface area contributed by atoms with Gasteiger partial charge in [-0.25, -0.2) is 0 Å². The predicted molar refractivity (Wildman–Crippen MR) is 56.9 cm³/mol. The summed E-state index contributed by atoms with van der Waals surface area (Å²) >= 11 is 0. The number of allylic oxidation sites excluding steroid dienone is 2. The average Bonchev–Trinajstić information content (AvgIpc) is 2.14. The Bertz CT molecular complexity index is 232. The van der Waals surface area contributed by atoms with Gasteiger partial charge in [-0.05, 0) is 32.1 Å². The summed E-state index contributed by atoms with van der Waals surface area (Å²) in [4.78, 5) is 11.6. The highest BCUT2D eigenvalue weighted by molar-refractivity contribution is 5.76. The summed E-state index contributed by atoms with van der Waals surface area (Å²) in [7, 11) is 1.47. The Labute approximate surface area is 86.3 Å². The standard InChI is InChI=1S/C12H20O2/c1-10-6-4-8-12(2,9-5-7-10)11(13)14-3/h4,6,10H,5,7-9H2,1-3H3. The molecule has 2 heteroatoms. The van der Waals surface area contributed by atoms with E-state index in [1.807, 2.05) is 6.92 Å². The molecule has 0 saturated heterocycles. The number of rotatable bonds is 1. The third-order valence-electron chi connectivity index (χ3n) is 3.10. The van der Waals surface area contributed by atoms with E-state index in [9.17, 15) is 4.79 Å². The van der Waals surface area contributed by atoms with Crippen molar-refractivity contribution in [1.82, 2.24) is 0 Å². The number of hydrogen-bond donors (Lipinski definition) is 0. The van der Waals surface area contributed by atoms with Gasteiger partial charge in [-0.1, -0.05) is 25.5 Å². The molecule has 2 unspecified atom stereocenters. The molecule has 0 radical (unpaired) electrons. The first-order valence-corrected chi connectivity index (χ1v) is 5.33. The summed E-state index contributed by atoms with van der Waals surface area (Å²) in [6, 6.07) is 0. The highest BCUT2D eigenvalue weighted by Gasteiger charge is 2.33. The predicted octanol–water partition coefficient (Wildman–Crippen LogP) is 2.93. The largest absolute Gasteiger partial charge is 0.469 e. The lowest BCUT2D eigenvalue weighted by Gasteiger charge is -2.27. The topological polar surface area (TPSA) is 26.3 Å². The summed E-state index contributed by atoms with van der Waals surface area (Å²) in [5, 5.41) is 0. The molecule has 1 aliphatic carbocycles. The number of methoxy groups -OCH3 is 1. The molecule has 14 heavy (non-hydrogen) atoms. The van der Waals surface area contributed by atoms with Crippen LogP contribution in [0.25, 0.3) is 0 Å². The summed E-state index contributed by atoms with van der Waals surface area (Å²) in [5.74, 6) is 0.578. The Morgan fingerprint density at radius 2 is 2.29 bits per heavy atom. The molecule has 0 heterocycles. The van der Waals surface area contributed by atoms with E-state index in [1.165, 1.54) is 13.5 Å². The number of carbonyl (C=O) groups excluding carboxylic acids is 1. The minimum Gasteiger partial charge on any atom is -0.469 e. The Hall–Kier alpha value is -0.790. The average molecular weight is 196 g/mol. The molecule has 0 aromatic rings. The lowest BCUT2D eigenvalue weighted by atomic mass is 9.79. The van der Waals surface area contributed by atoms with E-state index < -0.39 is 0 Å². The smallest absolute Gasteiger partial charge is 0.311 e. The molecule has 0 saturated carbocycles.